The molecule has 4 N–H and O–H groups in total. The molecule has 1 rings (SSSR count). The molecule has 6 nitrogen and oxygen atoms in total. The molecule has 0 radical (unpaired) electrons. The Balaban J connectivity index is 3.34. The molecule has 0 aliphatic heterocycles. The molecular weight excluding hydrogens is 224 g/mol. The fourth-order valence-corrected chi connectivity index (χ4v) is 1.44. The molecule has 0 heterocycles. The van der Waals surface area contributed by atoms with Gasteiger partial charge in [0.05, 0.1) is 4.92 Å². The van der Waals surface area contributed by atoms with Crippen LogP contribution in [-0.4, -0.2) is 15.1 Å². The summed E-state index contributed by atoms with van der Waals surface area (Å²) in [6, 6.07) is 1.95. The van der Waals surface area contributed by atoms with Crippen LogP contribution in [0, 0.1) is 15.5 Å². The zero-order valence-corrected chi connectivity index (χ0v) is 9.97. The molecule has 0 unspecified atom stereocenters. The second-order valence-electron chi connectivity index (χ2n) is 5.01. The van der Waals surface area contributed by atoms with Crippen LogP contribution in [0.3, 0.4) is 0 Å². The summed E-state index contributed by atoms with van der Waals surface area (Å²) in [6.07, 6.45) is 0. The standard InChI is InChI=1S/C11H16N2O4/c1-11(2,3)10(12)6-4-7(13(16)17)9(15)8(14)5-6/h4-5,10,14-15H,12H2,1-3H3/t10-/m0/s1. The summed E-state index contributed by atoms with van der Waals surface area (Å²) in [7, 11) is 0. The molecule has 0 aliphatic carbocycles. The van der Waals surface area contributed by atoms with Gasteiger partial charge >= 0.3 is 5.69 Å². The Morgan fingerprint density at radius 1 is 1.35 bits per heavy atom. The number of nitrogens with two attached hydrogens (primary N) is 1. The number of phenolic OH excluding ortho intramolecular Hbond substituents is 2. The van der Waals surface area contributed by atoms with E-state index in [1.165, 1.54) is 12.1 Å². The van der Waals surface area contributed by atoms with Crippen molar-refractivity contribution in [2.75, 3.05) is 0 Å². The van der Waals surface area contributed by atoms with Crippen molar-refractivity contribution < 1.29 is 15.1 Å². The maximum Gasteiger partial charge on any atom is 0.314 e. The lowest BCUT2D eigenvalue weighted by atomic mass is 9.83. The van der Waals surface area contributed by atoms with Gasteiger partial charge in [0.15, 0.2) is 5.75 Å². The topological polar surface area (TPSA) is 110 Å². The molecule has 0 saturated heterocycles. The van der Waals surface area contributed by atoms with E-state index in [4.69, 9.17) is 5.73 Å². The Bertz CT molecular complexity index is 452. The fraction of sp³-hybridized carbons (Fsp3) is 0.455. The average molecular weight is 240 g/mol. The number of hydrogen-bond donors (Lipinski definition) is 3. The third kappa shape index (κ3) is 2.65. The highest BCUT2D eigenvalue weighted by molar-refractivity contribution is 5.57. The number of hydrogen-bond acceptors (Lipinski definition) is 5. The van der Waals surface area contributed by atoms with Crippen LogP contribution in [0.25, 0.3) is 0 Å². The van der Waals surface area contributed by atoms with Crippen LogP contribution >= 0.6 is 0 Å². The van der Waals surface area contributed by atoms with E-state index in [0.29, 0.717) is 5.56 Å². The van der Waals surface area contributed by atoms with Crippen molar-refractivity contribution in [2.24, 2.45) is 11.1 Å². The number of benzene rings is 1. The van der Waals surface area contributed by atoms with E-state index in [2.05, 4.69) is 0 Å². The summed E-state index contributed by atoms with van der Waals surface area (Å²) in [5.41, 5.74) is 5.51. The summed E-state index contributed by atoms with van der Waals surface area (Å²) >= 11 is 0. The highest BCUT2D eigenvalue weighted by Gasteiger charge is 2.27. The van der Waals surface area contributed by atoms with Gasteiger partial charge in [-0.2, -0.15) is 0 Å². The summed E-state index contributed by atoms with van der Waals surface area (Å²) in [5.74, 6) is -1.27. The number of phenols is 2. The first-order valence-electron chi connectivity index (χ1n) is 5.10. The smallest absolute Gasteiger partial charge is 0.314 e. The minimum absolute atomic E-state index is 0.308. The Morgan fingerprint density at radius 2 is 1.88 bits per heavy atom. The zero-order valence-electron chi connectivity index (χ0n) is 9.97. The van der Waals surface area contributed by atoms with E-state index >= 15 is 0 Å². The van der Waals surface area contributed by atoms with E-state index in [9.17, 15) is 20.3 Å². The molecule has 0 aliphatic rings. The molecule has 0 fully saturated rings. The number of nitro benzene ring substituents is 1. The van der Waals surface area contributed by atoms with Crippen LogP contribution < -0.4 is 5.73 Å². The first-order chi connectivity index (χ1) is 7.64. The van der Waals surface area contributed by atoms with E-state index in [0.717, 1.165) is 0 Å². The van der Waals surface area contributed by atoms with Gasteiger partial charge in [-0.05, 0) is 17.0 Å². The van der Waals surface area contributed by atoms with Gasteiger partial charge < -0.3 is 15.9 Å². The van der Waals surface area contributed by atoms with Crippen molar-refractivity contribution >= 4 is 5.69 Å². The number of nitro groups is 1. The van der Waals surface area contributed by atoms with Crippen molar-refractivity contribution in [2.45, 2.75) is 26.8 Å². The lowest BCUT2D eigenvalue weighted by Crippen LogP contribution is -2.26. The minimum atomic E-state index is -0.756. The van der Waals surface area contributed by atoms with Gasteiger partial charge in [0, 0.05) is 12.1 Å². The Morgan fingerprint density at radius 3 is 2.29 bits per heavy atom. The summed E-state index contributed by atoms with van der Waals surface area (Å²) in [5, 5.41) is 29.5. The third-order valence-electron chi connectivity index (χ3n) is 2.58. The van der Waals surface area contributed by atoms with E-state index in [-0.39, 0.29) is 5.41 Å². The number of rotatable bonds is 2. The molecule has 0 saturated carbocycles. The van der Waals surface area contributed by atoms with Gasteiger partial charge in [0.1, 0.15) is 0 Å². The molecule has 1 atom stereocenters. The SMILES string of the molecule is CC(C)(C)[C@@H](N)c1cc(O)c(O)c([N+](=O)[O-])c1. The van der Waals surface area contributed by atoms with Crippen molar-refractivity contribution in [1.82, 2.24) is 0 Å². The van der Waals surface area contributed by atoms with E-state index < -0.39 is 28.2 Å². The zero-order chi connectivity index (χ0) is 13.4. The van der Waals surface area contributed by atoms with Gasteiger partial charge in [-0.25, -0.2) is 0 Å². The van der Waals surface area contributed by atoms with Crippen LogP contribution in [-0.2, 0) is 0 Å². The van der Waals surface area contributed by atoms with Crippen molar-refractivity contribution in [3.8, 4) is 11.5 Å². The van der Waals surface area contributed by atoms with Gasteiger partial charge in [-0.1, -0.05) is 20.8 Å². The largest absolute Gasteiger partial charge is 0.504 e. The molecular formula is C11H16N2O4. The van der Waals surface area contributed by atoms with Gasteiger partial charge in [0.25, 0.3) is 0 Å². The Hall–Kier alpha value is -1.82. The van der Waals surface area contributed by atoms with Crippen molar-refractivity contribution in [1.29, 1.82) is 0 Å². The lowest BCUT2D eigenvalue weighted by Gasteiger charge is -2.27. The lowest BCUT2D eigenvalue weighted by molar-refractivity contribution is -0.386. The molecule has 0 spiro atoms. The van der Waals surface area contributed by atoms with Gasteiger partial charge in [-0.3, -0.25) is 10.1 Å². The average Bonchev–Trinajstić information content (AvgIpc) is 2.19. The summed E-state index contributed by atoms with van der Waals surface area (Å²) in [6.45, 7) is 5.65. The van der Waals surface area contributed by atoms with Crippen LogP contribution in [0.2, 0.25) is 0 Å². The monoisotopic (exact) mass is 240 g/mol. The first-order valence-corrected chi connectivity index (χ1v) is 5.10. The van der Waals surface area contributed by atoms with Crippen LogP contribution in [0.5, 0.6) is 11.5 Å². The fourth-order valence-electron chi connectivity index (χ4n) is 1.44. The quantitative estimate of drug-likeness (QED) is 0.416. The van der Waals surface area contributed by atoms with Crippen LogP contribution in [0.4, 0.5) is 5.69 Å². The van der Waals surface area contributed by atoms with Crippen molar-refractivity contribution in [3.05, 3.63) is 27.8 Å². The first kappa shape index (κ1) is 13.2. The maximum atomic E-state index is 10.7. The second-order valence-corrected chi connectivity index (χ2v) is 5.01. The molecule has 0 amide bonds. The van der Waals surface area contributed by atoms with Gasteiger partial charge in [-0.15, -0.1) is 0 Å². The number of aromatic hydroxyl groups is 2. The van der Waals surface area contributed by atoms with E-state index in [1.807, 2.05) is 20.8 Å². The molecule has 1 aromatic carbocycles. The highest BCUT2D eigenvalue weighted by atomic mass is 16.6. The molecule has 17 heavy (non-hydrogen) atoms. The molecule has 1 aromatic rings. The summed E-state index contributed by atoms with van der Waals surface area (Å²) < 4.78 is 0. The molecule has 94 valence electrons. The van der Waals surface area contributed by atoms with Gasteiger partial charge in [0.2, 0.25) is 5.75 Å². The van der Waals surface area contributed by atoms with Crippen molar-refractivity contribution in [3.63, 3.8) is 0 Å². The molecule has 0 aromatic heterocycles. The minimum Gasteiger partial charge on any atom is -0.504 e. The third-order valence-corrected chi connectivity index (χ3v) is 2.58. The van der Waals surface area contributed by atoms with Crippen LogP contribution in [0.15, 0.2) is 12.1 Å². The normalized spacial score (nSPS) is 13.4. The Labute approximate surface area is 98.8 Å². The van der Waals surface area contributed by atoms with Crippen LogP contribution in [0.1, 0.15) is 32.4 Å². The second kappa shape index (κ2) is 4.21. The highest BCUT2D eigenvalue weighted by Crippen LogP contribution is 2.40. The Kier molecular flexibility index (Phi) is 3.28. The molecule has 0 bridgehead atoms. The maximum absolute atomic E-state index is 10.7. The predicted molar refractivity (Wildman–Crippen MR) is 62.8 cm³/mol. The summed E-state index contributed by atoms with van der Waals surface area (Å²) in [4.78, 5) is 9.94. The predicted octanol–water partition coefficient (Wildman–Crippen LogP) is 2.05. The number of nitrogens with zero attached hydrogens (tertiary/aromatic N) is 1. The molecule has 6 heteroatoms. The van der Waals surface area contributed by atoms with E-state index in [1.54, 1.807) is 0 Å².